The standard InChI is InChI=1S/C24H22ClN3O5/c1-4-32-23(31)24(2,3)13-27-22(30)20-21(29)15-10-9-14(11-16(15)18(12-26)28-20)33-19-8-6-5-7-17(19)25/h5-11,29H,4,13H2,1-3H3,(H,27,30). The first kappa shape index (κ1) is 23.8. The highest BCUT2D eigenvalue weighted by molar-refractivity contribution is 6.32. The molecule has 1 amide bonds. The SMILES string of the molecule is CCOC(=O)C(C)(C)CNC(=O)c1nc(C#N)c2cc(Oc3ccccc3Cl)ccc2c1O. The van der Waals surface area contributed by atoms with Gasteiger partial charge in [0.25, 0.3) is 5.91 Å². The normalized spacial score (nSPS) is 11.0. The lowest BCUT2D eigenvalue weighted by molar-refractivity contribution is -0.153. The second kappa shape index (κ2) is 9.76. The quantitative estimate of drug-likeness (QED) is 0.488. The molecule has 33 heavy (non-hydrogen) atoms. The van der Waals surface area contributed by atoms with Crippen LogP contribution in [0.15, 0.2) is 42.5 Å². The molecule has 2 N–H and O–H groups in total. The summed E-state index contributed by atoms with van der Waals surface area (Å²) in [4.78, 5) is 28.8. The number of benzene rings is 2. The van der Waals surface area contributed by atoms with Gasteiger partial charge in [0.2, 0.25) is 0 Å². The van der Waals surface area contributed by atoms with Crippen LogP contribution in [0.5, 0.6) is 17.2 Å². The van der Waals surface area contributed by atoms with Crippen LogP contribution in [0.4, 0.5) is 0 Å². The Labute approximate surface area is 195 Å². The van der Waals surface area contributed by atoms with E-state index in [1.54, 1.807) is 51.1 Å². The molecule has 0 aliphatic carbocycles. The topological polar surface area (TPSA) is 122 Å². The molecule has 170 valence electrons. The fourth-order valence-corrected chi connectivity index (χ4v) is 3.20. The minimum absolute atomic E-state index is 0.0453. The number of ether oxygens (including phenoxy) is 2. The molecule has 0 unspecified atom stereocenters. The minimum Gasteiger partial charge on any atom is -0.505 e. The van der Waals surface area contributed by atoms with Crippen LogP contribution in [0.2, 0.25) is 5.02 Å². The van der Waals surface area contributed by atoms with Crippen molar-refractivity contribution in [3.8, 4) is 23.3 Å². The molecule has 8 nitrogen and oxygen atoms in total. The van der Waals surface area contributed by atoms with E-state index >= 15 is 0 Å². The first-order valence-corrected chi connectivity index (χ1v) is 10.5. The van der Waals surface area contributed by atoms with Crippen molar-refractivity contribution in [2.24, 2.45) is 5.41 Å². The van der Waals surface area contributed by atoms with Gasteiger partial charge in [0.1, 0.15) is 23.3 Å². The number of aromatic nitrogens is 1. The van der Waals surface area contributed by atoms with Gasteiger partial charge in [-0.3, -0.25) is 9.59 Å². The Kier molecular flexibility index (Phi) is 7.04. The van der Waals surface area contributed by atoms with Gasteiger partial charge in [-0.05, 0) is 51.1 Å². The molecule has 3 aromatic rings. The molecule has 1 heterocycles. The van der Waals surface area contributed by atoms with Crippen molar-refractivity contribution >= 4 is 34.2 Å². The molecule has 0 saturated heterocycles. The predicted octanol–water partition coefficient (Wildman–Crippen LogP) is 4.58. The molecular weight excluding hydrogens is 446 g/mol. The number of nitriles is 1. The van der Waals surface area contributed by atoms with E-state index in [-0.39, 0.29) is 35.7 Å². The third kappa shape index (κ3) is 5.16. The Bertz CT molecular complexity index is 1270. The van der Waals surface area contributed by atoms with Crippen molar-refractivity contribution < 1.29 is 24.2 Å². The van der Waals surface area contributed by atoms with Crippen molar-refractivity contribution in [2.45, 2.75) is 20.8 Å². The highest BCUT2D eigenvalue weighted by Crippen LogP contribution is 2.35. The monoisotopic (exact) mass is 467 g/mol. The number of nitrogens with zero attached hydrogens (tertiary/aromatic N) is 2. The summed E-state index contributed by atoms with van der Waals surface area (Å²) in [5.74, 6) is -0.778. The van der Waals surface area contributed by atoms with E-state index < -0.39 is 17.3 Å². The van der Waals surface area contributed by atoms with Crippen molar-refractivity contribution in [3.05, 3.63) is 58.9 Å². The van der Waals surface area contributed by atoms with Crippen LogP contribution in [0, 0.1) is 16.7 Å². The van der Waals surface area contributed by atoms with Gasteiger partial charge in [0.15, 0.2) is 11.4 Å². The zero-order valence-corrected chi connectivity index (χ0v) is 19.1. The molecule has 0 saturated carbocycles. The molecule has 0 spiro atoms. The van der Waals surface area contributed by atoms with E-state index in [1.165, 1.54) is 12.1 Å². The molecular formula is C24H22ClN3O5. The molecule has 1 aromatic heterocycles. The van der Waals surface area contributed by atoms with Crippen LogP contribution in [-0.4, -0.2) is 35.1 Å². The first-order chi connectivity index (χ1) is 15.7. The van der Waals surface area contributed by atoms with E-state index in [2.05, 4.69) is 10.3 Å². The molecule has 0 atom stereocenters. The zero-order valence-electron chi connectivity index (χ0n) is 18.3. The fraction of sp³-hybridized carbons (Fsp3) is 0.250. The molecule has 0 radical (unpaired) electrons. The number of para-hydroxylation sites is 1. The second-order valence-corrected chi connectivity index (χ2v) is 8.20. The number of esters is 1. The molecule has 0 aliphatic heterocycles. The van der Waals surface area contributed by atoms with Crippen molar-refractivity contribution in [2.75, 3.05) is 13.2 Å². The molecule has 9 heteroatoms. The van der Waals surface area contributed by atoms with Gasteiger partial charge in [-0.1, -0.05) is 23.7 Å². The smallest absolute Gasteiger partial charge is 0.313 e. The van der Waals surface area contributed by atoms with Crippen LogP contribution in [0.1, 0.15) is 37.0 Å². The van der Waals surface area contributed by atoms with E-state index in [4.69, 9.17) is 21.1 Å². The summed E-state index contributed by atoms with van der Waals surface area (Å²) in [6.07, 6.45) is 0. The second-order valence-electron chi connectivity index (χ2n) is 7.80. The average Bonchev–Trinajstić information content (AvgIpc) is 2.79. The lowest BCUT2D eigenvalue weighted by Crippen LogP contribution is -2.40. The Hall–Kier alpha value is -3.83. The number of nitrogens with one attached hydrogen (secondary N) is 1. The maximum atomic E-state index is 12.7. The summed E-state index contributed by atoms with van der Waals surface area (Å²) in [5, 5.41) is 23.9. The Morgan fingerprint density at radius 3 is 2.61 bits per heavy atom. The van der Waals surface area contributed by atoms with Crippen molar-refractivity contribution in [3.63, 3.8) is 0 Å². The number of carbonyl (C=O) groups excluding carboxylic acids is 2. The lowest BCUT2D eigenvalue weighted by Gasteiger charge is -2.22. The third-order valence-electron chi connectivity index (χ3n) is 4.85. The summed E-state index contributed by atoms with van der Waals surface area (Å²) in [6, 6.07) is 13.5. The summed E-state index contributed by atoms with van der Waals surface area (Å²) >= 11 is 6.13. The fourth-order valence-electron chi connectivity index (χ4n) is 3.02. The number of hydrogen-bond acceptors (Lipinski definition) is 7. The first-order valence-electron chi connectivity index (χ1n) is 10.1. The number of rotatable bonds is 7. The van der Waals surface area contributed by atoms with Gasteiger partial charge in [0.05, 0.1) is 17.0 Å². The Morgan fingerprint density at radius 2 is 1.94 bits per heavy atom. The molecule has 0 fully saturated rings. The van der Waals surface area contributed by atoms with Crippen LogP contribution in [-0.2, 0) is 9.53 Å². The Morgan fingerprint density at radius 1 is 1.21 bits per heavy atom. The number of hydrogen-bond donors (Lipinski definition) is 2. The zero-order chi connectivity index (χ0) is 24.2. The van der Waals surface area contributed by atoms with Crippen LogP contribution < -0.4 is 10.1 Å². The molecule has 3 rings (SSSR count). The van der Waals surface area contributed by atoms with Crippen LogP contribution in [0.25, 0.3) is 10.8 Å². The summed E-state index contributed by atoms with van der Waals surface area (Å²) in [6.45, 7) is 5.12. The number of halogens is 1. The van der Waals surface area contributed by atoms with Gasteiger partial charge in [-0.15, -0.1) is 0 Å². The number of amides is 1. The largest absolute Gasteiger partial charge is 0.505 e. The Balaban J connectivity index is 1.91. The molecule has 2 aromatic carbocycles. The number of fused-ring (bicyclic) bond motifs is 1. The highest BCUT2D eigenvalue weighted by atomic mass is 35.5. The van der Waals surface area contributed by atoms with Crippen LogP contribution in [0.3, 0.4) is 0 Å². The van der Waals surface area contributed by atoms with Gasteiger partial charge in [0, 0.05) is 17.3 Å². The van der Waals surface area contributed by atoms with Crippen molar-refractivity contribution in [1.82, 2.24) is 10.3 Å². The van der Waals surface area contributed by atoms with Crippen LogP contribution >= 0.6 is 11.6 Å². The highest BCUT2D eigenvalue weighted by Gasteiger charge is 2.30. The maximum absolute atomic E-state index is 12.7. The van der Waals surface area contributed by atoms with Gasteiger partial charge >= 0.3 is 5.97 Å². The average molecular weight is 468 g/mol. The van der Waals surface area contributed by atoms with Gasteiger partial charge < -0.3 is 19.9 Å². The number of pyridine rings is 1. The van der Waals surface area contributed by atoms with Crippen molar-refractivity contribution in [1.29, 1.82) is 5.26 Å². The minimum atomic E-state index is -0.985. The summed E-state index contributed by atoms with van der Waals surface area (Å²) in [5.41, 5.74) is -1.37. The van der Waals surface area contributed by atoms with E-state index in [1.807, 2.05) is 6.07 Å². The van der Waals surface area contributed by atoms with E-state index in [9.17, 15) is 20.0 Å². The third-order valence-corrected chi connectivity index (χ3v) is 5.17. The number of carbonyl (C=O) groups is 2. The van der Waals surface area contributed by atoms with E-state index in [0.717, 1.165) is 0 Å². The summed E-state index contributed by atoms with van der Waals surface area (Å²) < 4.78 is 10.8. The molecule has 0 bridgehead atoms. The lowest BCUT2D eigenvalue weighted by atomic mass is 9.93. The summed E-state index contributed by atoms with van der Waals surface area (Å²) in [7, 11) is 0. The predicted molar refractivity (Wildman–Crippen MR) is 122 cm³/mol. The van der Waals surface area contributed by atoms with Gasteiger partial charge in [-0.25, -0.2) is 4.98 Å². The van der Waals surface area contributed by atoms with E-state index in [0.29, 0.717) is 21.9 Å². The van der Waals surface area contributed by atoms with Gasteiger partial charge in [-0.2, -0.15) is 5.26 Å². The maximum Gasteiger partial charge on any atom is 0.313 e. The number of aromatic hydroxyl groups is 1. The molecule has 0 aliphatic rings.